The number of aromatic nitrogens is 2. The number of fused-ring (bicyclic) bond motifs is 2. The number of nitrogens with zero attached hydrogens (tertiary/aromatic N) is 4. The molecule has 0 fully saturated rings. The summed E-state index contributed by atoms with van der Waals surface area (Å²) in [5, 5.41) is 8.66. The first kappa shape index (κ1) is 26.6. The lowest BCUT2D eigenvalue weighted by Crippen LogP contribution is -2.04. The Morgan fingerprint density at radius 1 is 0.619 bits per heavy atom. The van der Waals surface area contributed by atoms with Gasteiger partial charge >= 0.3 is 11.9 Å². The van der Waals surface area contributed by atoms with Crippen LogP contribution in [0.4, 0.5) is 11.4 Å². The van der Waals surface area contributed by atoms with Crippen LogP contribution >= 0.6 is 0 Å². The molecule has 0 saturated carbocycles. The van der Waals surface area contributed by atoms with Crippen molar-refractivity contribution >= 4 is 45.5 Å². The topological polar surface area (TPSA) is 129 Å². The maximum atomic E-state index is 11.6. The zero-order chi connectivity index (χ0) is 29.1. The smallest absolute Gasteiger partial charge is 0.309 e. The summed E-state index contributed by atoms with van der Waals surface area (Å²) in [6.07, 6.45) is 0.350. The first-order chi connectivity index (χ1) is 20.5. The number of hydrogen-bond acceptors (Lipinski definition) is 10. The van der Waals surface area contributed by atoms with Crippen molar-refractivity contribution in [3.8, 4) is 22.9 Å². The van der Waals surface area contributed by atoms with Crippen molar-refractivity contribution in [2.75, 3.05) is 14.2 Å². The molecule has 2 heterocycles. The maximum absolute atomic E-state index is 11.6. The first-order valence-electron chi connectivity index (χ1n) is 13.0. The quantitative estimate of drug-likeness (QED) is 0.142. The number of esters is 2. The van der Waals surface area contributed by atoms with Crippen molar-refractivity contribution in [2.24, 2.45) is 10.2 Å². The minimum atomic E-state index is -0.310. The van der Waals surface area contributed by atoms with Gasteiger partial charge in [0.15, 0.2) is 11.2 Å². The van der Waals surface area contributed by atoms with E-state index in [0.717, 1.165) is 22.3 Å². The molecule has 0 aliphatic carbocycles. The number of carbonyl (C=O) groups is 2. The second-order valence-electron chi connectivity index (χ2n) is 9.44. The summed E-state index contributed by atoms with van der Waals surface area (Å²) in [6, 6.07) is 25.7. The first-order valence-corrected chi connectivity index (χ1v) is 13.0. The second kappa shape index (κ2) is 11.5. The van der Waals surface area contributed by atoms with Gasteiger partial charge in [0, 0.05) is 11.1 Å². The van der Waals surface area contributed by atoms with E-state index in [0.29, 0.717) is 45.4 Å². The molecule has 0 radical (unpaired) electrons. The fourth-order valence-electron chi connectivity index (χ4n) is 4.35. The Bertz CT molecular complexity index is 1800. The summed E-state index contributed by atoms with van der Waals surface area (Å²) >= 11 is 0. The molecule has 208 valence electrons. The molecule has 10 nitrogen and oxygen atoms in total. The van der Waals surface area contributed by atoms with E-state index in [-0.39, 0.29) is 24.8 Å². The molecule has 2 aromatic heterocycles. The standard InChI is InChI=1S/C32H24N4O6/c1-39-29(37)17-19-3-13-27-25(15-19)33-31(41-27)21-5-9-23(10-6-21)35-36-24-11-7-22(8-12-24)32-34-26-16-20(18-30(38)40-2)4-14-28(26)42-32/h3-16H,17-18H2,1-2H3. The molecule has 0 aliphatic heterocycles. The summed E-state index contributed by atoms with van der Waals surface area (Å²) in [5.41, 5.74) is 7.12. The van der Waals surface area contributed by atoms with Crippen LogP contribution in [-0.2, 0) is 31.9 Å². The predicted octanol–water partition coefficient (Wildman–Crippen LogP) is 7.15. The molecule has 4 aromatic carbocycles. The van der Waals surface area contributed by atoms with E-state index >= 15 is 0 Å². The number of benzene rings is 4. The lowest BCUT2D eigenvalue weighted by molar-refractivity contribution is -0.140. The minimum absolute atomic E-state index is 0.175. The number of oxazole rings is 2. The third-order valence-electron chi connectivity index (χ3n) is 6.57. The zero-order valence-corrected chi connectivity index (χ0v) is 22.7. The van der Waals surface area contributed by atoms with Gasteiger partial charge in [-0.05, 0) is 83.9 Å². The number of ether oxygens (including phenoxy) is 2. The average Bonchev–Trinajstić information content (AvgIpc) is 3.64. The number of azo groups is 1. The van der Waals surface area contributed by atoms with E-state index in [2.05, 4.69) is 20.2 Å². The molecule has 0 atom stereocenters. The summed E-state index contributed by atoms with van der Waals surface area (Å²) in [5.74, 6) is 0.321. The van der Waals surface area contributed by atoms with Gasteiger partial charge in [0.1, 0.15) is 11.0 Å². The molecule has 6 aromatic rings. The molecule has 0 unspecified atom stereocenters. The van der Waals surface area contributed by atoms with Gasteiger partial charge < -0.3 is 18.3 Å². The summed E-state index contributed by atoms with van der Waals surface area (Å²) in [4.78, 5) is 32.3. The Balaban J connectivity index is 1.13. The molecule has 0 spiro atoms. The average molecular weight is 561 g/mol. The maximum Gasteiger partial charge on any atom is 0.309 e. The highest BCUT2D eigenvalue weighted by molar-refractivity contribution is 5.81. The number of carbonyl (C=O) groups excluding carboxylic acids is 2. The molecule has 0 bridgehead atoms. The van der Waals surface area contributed by atoms with Crippen molar-refractivity contribution in [1.82, 2.24) is 9.97 Å². The number of methoxy groups -OCH3 is 2. The minimum Gasteiger partial charge on any atom is -0.469 e. The largest absolute Gasteiger partial charge is 0.469 e. The number of rotatable bonds is 8. The van der Waals surface area contributed by atoms with Gasteiger partial charge in [0.2, 0.25) is 11.8 Å². The van der Waals surface area contributed by atoms with Crippen LogP contribution in [0.2, 0.25) is 0 Å². The summed E-state index contributed by atoms with van der Waals surface area (Å²) in [7, 11) is 2.73. The van der Waals surface area contributed by atoms with Crippen LogP contribution in [-0.4, -0.2) is 36.1 Å². The molecule has 0 amide bonds. The Morgan fingerprint density at radius 2 is 1.02 bits per heavy atom. The van der Waals surface area contributed by atoms with Gasteiger partial charge in [-0.3, -0.25) is 9.59 Å². The fourth-order valence-corrected chi connectivity index (χ4v) is 4.35. The third kappa shape index (κ3) is 5.78. The molecular formula is C32H24N4O6. The van der Waals surface area contributed by atoms with E-state index in [1.807, 2.05) is 72.8 Å². The highest BCUT2D eigenvalue weighted by Crippen LogP contribution is 2.29. The summed E-state index contributed by atoms with van der Waals surface area (Å²) in [6.45, 7) is 0. The molecule has 10 heteroatoms. The van der Waals surface area contributed by atoms with Crippen molar-refractivity contribution < 1.29 is 27.9 Å². The molecule has 0 N–H and O–H groups in total. The monoisotopic (exact) mass is 560 g/mol. The lowest BCUT2D eigenvalue weighted by atomic mass is 10.1. The van der Waals surface area contributed by atoms with Crippen molar-refractivity contribution in [3.05, 3.63) is 96.1 Å². The summed E-state index contributed by atoms with van der Waals surface area (Å²) < 4.78 is 21.2. The lowest BCUT2D eigenvalue weighted by Gasteiger charge is -1.98. The van der Waals surface area contributed by atoms with Crippen LogP contribution in [0, 0.1) is 0 Å². The van der Waals surface area contributed by atoms with Crippen LogP contribution in [0.3, 0.4) is 0 Å². The third-order valence-corrected chi connectivity index (χ3v) is 6.57. The van der Waals surface area contributed by atoms with Crippen molar-refractivity contribution in [3.63, 3.8) is 0 Å². The van der Waals surface area contributed by atoms with Crippen LogP contribution in [0.25, 0.3) is 45.1 Å². The van der Waals surface area contributed by atoms with E-state index in [1.54, 1.807) is 12.1 Å². The molecule has 6 rings (SSSR count). The normalized spacial score (nSPS) is 11.4. The van der Waals surface area contributed by atoms with E-state index in [1.165, 1.54) is 14.2 Å². The second-order valence-corrected chi connectivity index (χ2v) is 9.44. The van der Waals surface area contributed by atoms with Crippen LogP contribution in [0.15, 0.2) is 104 Å². The van der Waals surface area contributed by atoms with Crippen molar-refractivity contribution in [1.29, 1.82) is 0 Å². The Kier molecular flexibility index (Phi) is 7.25. The van der Waals surface area contributed by atoms with Crippen LogP contribution < -0.4 is 0 Å². The fraction of sp³-hybridized carbons (Fsp3) is 0.125. The van der Waals surface area contributed by atoms with E-state index in [4.69, 9.17) is 18.3 Å². The Hall–Kier alpha value is -5.64. The molecule has 42 heavy (non-hydrogen) atoms. The van der Waals surface area contributed by atoms with Gasteiger partial charge in [-0.1, -0.05) is 12.1 Å². The number of hydrogen-bond donors (Lipinski definition) is 0. The zero-order valence-electron chi connectivity index (χ0n) is 22.7. The van der Waals surface area contributed by atoms with Gasteiger partial charge in [-0.25, -0.2) is 9.97 Å². The Labute approximate surface area is 239 Å². The highest BCUT2D eigenvalue weighted by atomic mass is 16.5. The van der Waals surface area contributed by atoms with E-state index in [9.17, 15) is 9.59 Å². The SMILES string of the molecule is COC(=O)Cc1ccc2oc(-c3ccc(N=Nc4ccc(-c5nc6cc(CC(=O)OC)ccc6o5)cc4)cc3)nc2c1. The highest BCUT2D eigenvalue weighted by Gasteiger charge is 2.12. The molecule has 0 saturated heterocycles. The van der Waals surface area contributed by atoms with Crippen LogP contribution in [0.5, 0.6) is 0 Å². The predicted molar refractivity (Wildman–Crippen MR) is 155 cm³/mol. The van der Waals surface area contributed by atoms with Crippen molar-refractivity contribution in [2.45, 2.75) is 12.8 Å². The van der Waals surface area contributed by atoms with Crippen LogP contribution in [0.1, 0.15) is 11.1 Å². The van der Waals surface area contributed by atoms with Gasteiger partial charge in [0.25, 0.3) is 0 Å². The molecule has 0 aliphatic rings. The Morgan fingerprint density at radius 3 is 1.40 bits per heavy atom. The van der Waals surface area contributed by atoms with E-state index < -0.39 is 0 Å². The molecular weight excluding hydrogens is 536 g/mol. The van der Waals surface area contributed by atoms with Gasteiger partial charge in [-0.15, -0.1) is 0 Å². The van der Waals surface area contributed by atoms with Gasteiger partial charge in [-0.2, -0.15) is 10.2 Å². The van der Waals surface area contributed by atoms with Gasteiger partial charge in [0.05, 0.1) is 38.4 Å².